The highest BCUT2D eigenvalue weighted by Gasteiger charge is 2.38. The molecule has 0 aromatic heterocycles. The number of rotatable bonds is 2. The molecule has 0 bridgehead atoms. The van der Waals surface area contributed by atoms with Gasteiger partial charge in [-0.25, -0.2) is 4.79 Å². The number of hydrogen-bond acceptors (Lipinski definition) is 5. The van der Waals surface area contributed by atoms with Gasteiger partial charge >= 0.3 is 5.97 Å². The molecule has 0 fully saturated rings. The summed E-state index contributed by atoms with van der Waals surface area (Å²) in [6, 6.07) is 4.08. The average Bonchev–Trinajstić information content (AvgIpc) is 2.66. The molecule has 0 aliphatic carbocycles. The second-order valence-electron chi connectivity index (χ2n) is 3.99. The molecule has 1 aromatic rings. The Hall–Kier alpha value is -1.69. The lowest BCUT2D eigenvalue weighted by molar-refractivity contribution is -0.141. The van der Waals surface area contributed by atoms with E-state index < -0.39 is 11.5 Å². The summed E-state index contributed by atoms with van der Waals surface area (Å²) in [5.74, 6) is -0.708. The van der Waals surface area contributed by atoms with Crippen LogP contribution in [0.15, 0.2) is 23.2 Å². The first-order valence-electron chi connectivity index (χ1n) is 4.91. The topological polar surface area (TPSA) is 90.1 Å². The fourth-order valence-electron chi connectivity index (χ4n) is 1.44. The summed E-state index contributed by atoms with van der Waals surface area (Å²) in [6.45, 7) is 1.52. The van der Waals surface area contributed by atoms with Crippen LogP contribution in [0.2, 0.25) is 0 Å². The molecule has 0 saturated heterocycles. The van der Waals surface area contributed by atoms with Crippen molar-refractivity contribution >= 4 is 22.8 Å². The number of carboxylic acids is 1. The minimum atomic E-state index is -1.17. The summed E-state index contributed by atoms with van der Waals surface area (Å²) in [4.78, 5) is 15.1. The largest absolute Gasteiger partial charge is 0.508 e. The van der Waals surface area contributed by atoms with Gasteiger partial charge in [0, 0.05) is 5.75 Å². The number of thioether (sulfide) groups is 1. The number of phenolic OH excluding ortho intramolecular Hbond substituents is 2. The van der Waals surface area contributed by atoms with Gasteiger partial charge in [-0.3, -0.25) is 4.99 Å². The van der Waals surface area contributed by atoms with Gasteiger partial charge in [0.25, 0.3) is 0 Å². The molecule has 2 rings (SSSR count). The van der Waals surface area contributed by atoms with Crippen molar-refractivity contribution in [3.05, 3.63) is 23.8 Å². The molecule has 90 valence electrons. The van der Waals surface area contributed by atoms with Crippen molar-refractivity contribution in [3.8, 4) is 11.5 Å². The molecule has 0 spiro atoms. The molecule has 3 N–H and O–H groups in total. The highest BCUT2D eigenvalue weighted by Crippen LogP contribution is 2.35. The van der Waals surface area contributed by atoms with Crippen LogP contribution in [0.1, 0.15) is 12.5 Å². The molecule has 1 aromatic carbocycles. The van der Waals surface area contributed by atoms with E-state index in [-0.39, 0.29) is 11.5 Å². The first kappa shape index (κ1) is 11.8. The van der Waals surface area contributed by atoms with E-state index in [0.29, 0.717) is 16.4 Å². The number of carboxylic acid groups (broad SMARTS) is 1. The smallest absolute Gasteiger partial charge is 0.332 e. The lowest BCUT2D eigenvalue weighted by Gasteiger charge is -2.11. The van der Waals surface area contributed by atoms with Crippen molar-refractivity contribution < 1.29 is 20.1 Å². The van der Waals surface area contributed by atoms with Crippen LogP contribution in [0, 0.1) is 0 Å². The maximum Gasteiger partial charge on any atom is 0.332 e. The first-order valence-corrected chi connectivity index (χ1v) is 5.89. The fourth-order valence-corrected chi connectivity index (χ4v) is 2.63. The number of carbonyl (C=O) groups is 1. The molecule has 17 heavy (non-hydrogen) atoms. The Morgan fingerprint density at radius 3 is 2.76 bits per heavy atom. The Morgan fingerprint density at radius 1 is 1.47 bits per heavy atom. The van der Waals surface area contributed by atoms with Crippen LogP contribution in [0.25, 0.3) is 0 Å². The van der Waals surface area contributed by atoms with Crippen molar-refractivity contribution in [2.75, 3.05) is 5.75 Å². The fraction of sp³-hybridized carbons (Fsp3) is 0.273. The Bertz CT molecular complexity index is 514. The maximum absolute atomic E-state index is 11.0. The molecule has 1 aliphatic heterocycles. The van der Waals surface area contributed by atoms with Crippen LogP contribution < -0.4 is 0 Å². The van der Waals surface area contributed by atoms with E-state index in [9.17, 15) is 15.0 Å². The molecule has 6 heteroatoms. The molecular formula is C11H11NO4S. The predicted octanol–water partition coefficient (Wildman–Crippen LogP) is 1.43. The molecule has 0 saturated carbocycles. The zero-order valence-corrected chi connectivity index (χ0v) is 9.86. The highest BCUT2D eigenvalue weighted by atomic mass is 32.2. The highest BCUT2D eigenvalue weighted by molar-refractivity contribution is 8.14. The van der Waals surface area contributed by atoms with Gasteiger partial charge in [-0.05, 0) is 25.1 Å². The number of hydrogen-bond donors (Lipinski definition) is 3. The summed E-state index contributed by atoms with van der Waals surface area (Å²) < 4.78 is 0. The number of aromatic hydroxyl groups is 2. The standard InChI is InChI=1S/C11H11NO4S/c1-11(10(15)16)5-17-9(12-11)7-4-6(13)2-3-8(7)14/h2-4,13-14H,5H2,1H3,(H,15,16). The molecule has 1 atom stereocenters. The third kappa shape index (κ3) is 2.08. The number of phenols is 2. The van der Waals surface area contributed by atoms with Gasteiger partial charge in [0.1, 0.15) is 16.5 Å². The average molecular weight is 253 g/mol. The van der Waals surface area contributed by atoms with Crippen LogP contribution >= 0.6 is 11.8 Å². The Labute approximate surface area is 102 Å². The third-order valence-corrected chi connectivity index (χ3v) is 3.80. The normalized spacial score (nSPS) is 23.5. The summed E-state index contributed by atoms with van der Waals surface area (Å²) in [5, 5.41) is 28.5. The van der Waals surface area contributed by atoms with Gasteiger partial charge in [-0.2, -0.15) is 0 Å². The second kappa shape index (κ2) is 3.96. The SMILES string of the molecule is CC1(C(=O)O)CSC(c2cc(O)ccc2O)=N1. The summed E-state index contributed by atoms with van der Waals surface area (Å²) in [5.41, 5.74) is -0.808. The Morgan fingerprint density at radius 2 is 2.18 bits per heavy atom. The van der Waals surface area contributed by atoms with Gasteiger partial charge in [0.05, 0.1) is 5.56 Å². The number of aliphatic carboxylic acids is 1. The van der Waals surface area contributed by atoms with Crippen LogP contribution in [0.5, 0.6) is 11.5 Å². The second-order valence-corrected chi connectivity index (χ2v) is 4.95. The minimum absolute atomic E-state index is 0.00466. The molecular weight excluding hydrogens is 242 g/mol. The third-order valence-electron chi connectivity index (χ3n) is 2.51. The van der Waals surface area contributed by atoms with E-state index in [1.54, 1.807) is 0 Å². The van der Waals surface area contributed by atoms with Crippen LogP contribution in [0.4, 0.5) is 0 Å². The zero-order chi connectivity index (χ0) is 12.6. The lowest BCUT2D eigenvalue weighted by atomic mass is 10.1. The lowest BCUT2D eigenvalue weighted by Crippen LogP contribution is -2.33. The van der Waals surface area contributed by atoms with Crippen molar-refractivity contribution in [2.45, 2.75) is 12.5 Å². The van der Waals surface area contributed by atoms with E-state index in [4.69, 9.17) is 5.11 Å². The van der Waals surface area contributed by atoms with Crippen molar-refractivity contribution in [2.24, 2.45) is 4.99 Å². The van der Waals surface area contributed by atoms with Gasteiger partial charge in [0.15, 0.2) is 5.54 Å². The van der Waals surface area contributed by atoms with Gasteiger partial charge in [-0.15, -0.1) is 11.8 Å². The van der Waals surface area contributed by atoms with E-state index in [1.165, 1.54) is 36.9 Å². The van der Waals surface area contributed by atoms with E-state index in [2.05, 4.69) is 4.99 Å². The van der Waals surface area contributed by atoms with Gasteiger partial charge in [-0.1, -0.05) is 0 Å². The zero-order valence-electron chi connectivity index (χ0n) is 9.04. The van der Waals surface area contributed by atoms with Crippen molar-refractivity contribution in [1.82, 2.24) is 0 Å². The van der Waals surface area contributed by atoms with Crippen molar-refractivity contribution in [3.63, 3.8) is 0 Å². The predicted molar refractivity (Wildman–Crippen MR) is 64.8 cm³/mol. The molecule has 1 heterocycles. The Balaban J connectivity index is 2.43. The Kier molecular flexibility index (Phi) is 2.74. The number of benzene rings is 1. The van der Waals surface area contributed by atoms with Crippen LogP contribution in [-0.2, 0) is 4.79 Å². The quantitative estimate of drug-likeness (QED) is 0.694. The summed E-state index contributed by atoms with van der Waals surface area (Å²) in [7, 11) is 0. The van der Waals surface area contributed by atoms with E-state index in [1.807, 2.05) is 0 Å². The molecule has 1 aliphatic rings. The minimum Gasteiger partial charge on any atom is -0.508 e. The van der Waals surface area contributed by atoms with Gasteiger partial charge in [0.2, 0.25) is 0 Å². The van der Waals surface area contributed by atoms with Gasteiger partial charge < -0.3 is 15.3 Å². The van der Waals surface area contributed by atoms with Crippen LogP contribution in [0.3, 0.4) is 0 Å². The van der Waals surface area contributed by atoms with E-state index >= 15 is 0 Å². The number of nitrogens with zero attached hydrogens (tertiary/aromatic N) is 1. The first-order chi connectivity index (χ1) is 7.92. The summed E-state index contributed by atoms with van der Waals surface area (Å²) in [6.07, 6.45) is 0. The number of aliphatic imine (C=N–C) groups is 1. The molecule has 0 amide bonds. The van der Waals surface area contributed by atoms with Crippen molar-refractivity contribution in [1.29, 1.82) is 0 Å². The molecule has 5 nitrogen and oxygen atoms in total. The molecule has 0 radical (unpaired) electrons. The van der Waals surface area contributed by atoms with E-state index in [0.717, 1.165) is 0 Å². The molecule has 1 unspecified atom stereocenters. The maximum atomic E-state index is 11.0. The monoisotopic (exact) mass is 253 g/mol. The summed E-state index contributed by atoms with van der Waals surface area (Å²) >= 11 is 1.25. The van der Waals surface area contributed by atoms with Crippen LogP contribution in [-0.4, -0.2) is 37.6 Å².